The zero-order valence-corrected chi connectivity index (χ0v) is 12.8. The van der Waals surface area contributed by atoms with E-state index in [0.29, 0.717) is 12.2 Å². The van der Waals surface area contributed by atoms with Crippen LogP contribution >= 0.6 is 0 Å². The summed E-state index contributed by atoms with van der Waals surface area (Å²) < 4.78 is 23.4. The molecular formula is C16H17FN2O4. The van der Waals surface area contributed by atoms with Gasteiger partial charge in [0, 0.05) is 6.54 Å². The van der Waals surface area contributed by atoms with Crippen LogP contribution in [0.3, 0.4) is 0 Å². The summed E-state index contributed by atoms with van der Waals surface area (Å²) in [5.74, 6) is -1.27. The highest BCUT2D eigenvalue weighted by Gasteiger charge is 2.13. The molecule has 6 nitrogen and oxygen atoms in total. The van der Waals surface area contributed by atoms with Crippen molar-refractivity contribution >= 4 is 11.9 Å². The molecule has 1 heterocycles. The van der Waals surface area contributed by atoms with E-state index in [9.17, 15) is 14.0 Å². The van der Waals surface area contributed by atoms with E-state index in [-0.39, 0.29) is 23.7 Å². The number of aromatic amines is 1. The van der Waals surface area contributed by atoms with Crippen LogP contribution < -0.4 is 10.1 Å². The first kappa shape index (κ1) is 16.5. The Morgan fingerprint density at radius 3 is 2.61 bits per heavy atom. The van der Waals surface area contributed by atoms with Crippen molar-refractivity contribution in [3.63, 3.8) is 0 Å². The highest BCUT2D eigenvalue weighted by Crippen LogP contribution is 2.18. The van der Waals surface area contributed by atoms with Crippen molar-refractivity contribution in [3.05, 3.63) is 53.1 Å². The standard InChI is InChI=1S/C16H17FN2O4/c1-3-23-14-7-4-10(8-11(14)17)9-18-15(20)12-5-6-13(19-12)16(21)22-2/h4-8,19H,3,9H2,1-2H3,(H,18,20). The monoisotopic (exact) mass is 320 g/mol. The van der Waals surface area contributed by atoms with Crippen molar-refractivity contribution in [1.82, 2.24) is 10.3 Å². The van der Waals surface area contributed by atoms with E-state index in [1.54, 1.807) is 13.0 Å². The summed E-state index contributed by atoms with van der Waals surface area (Å²) in [7, 11) is 1.25. The lowest BCUT2D eigenvalue weighted by Crippen LogP contribution is -2.23. The van der Waals surface area contributed by atoms with Gasteiger partial charge in [-0.2, -0.15) is 0 Å². The lowest BCUT2D eigenvalue weighted by molar-refractivity contribution is 0.0595. The number of methoxy groups -OCH3 is 1. The lowest BCUT2D eigenvalue weighted by Gasteiger charge is -2.08. The molecule has 0 radical (unpaired) electrons. The molecule has 0 aliphatic rings. The Hall–Kier alpha value is -2.83. The summed E-state index contributed by atoms with van der Waals surface area (Å²) >= 11 is 0. The fraction of sp³-hybridized carbons (Fsp3) is 0.250. The zero-order chi connectivity index (χ0) is 16.8. The van der Waals surface area contributed by atoms with Crippen molar-refractivity contribution in [2.75, 3.05) is 13.7 Å². The molecule has 0 bridgehead atoms. The van der Waals surface area contributed by atoms with Gasteiger partial charge in [0.15, 0.2) is 11.6 Å². The molecule has 0 saturated heterocycles. The second kappa shape index (κ2) is 7.44. The molecule has 2 aromatic rings. The molecule has 0 saturated carbocycles. The maximum Gasteiger partial charge on any atom is 0.354 e. The number of H-pyrrole nitrogens is 1. The van der Waals surface area contributed by atoms with Crippen molar-refractivity contribution in [3.8, 4) is 5.75 Å². The average Bonchev–Trinajstić information content (AvgIpc) is 3.04. The second-order valence-corrected chi connectivity index (χ2v) is 4.66. The maximum atomic E-state index is 13.7. The van der Waals surface area contributed by atoms with Gasteiger partial charge in [-0.05, 0) is 36.8 Å². The first-order valence-corrected chi connectivity index (χ1v) is 7.02. The Kier molecular flexibility index (Phi) is 5.35. The topological polar surface area (TPSA) is 80.4 Å². The van der Waals surface area contributed by atoms with Gasteiger partial charge in [0.05, 0.1) is 13.7 Å². The van der Waals surface area contributed by atoms with Crippen LogP contribution in [0.15, 0.2) is 30.3 Å². The molecular weight excluding hydrogens is 303 g/mol. The third-order valence-corrected chi connectivity index (χ3v) is 3.09. The summed E-state index contributed by atoms with van der Waals surface area (Å²) in [6, 6.07) is 7.42. The molecule has 1 amide bonds. The molecule has 0 unspecified atom stereocenters. The number of amides is 1. The Morgan fingerprint density at radius 1 is 1.22 bits per heavy atom. The Labute approximate surface area is 132 Å². The smallest absolute Gasteiger partial charge is 0.354 e. The van der Waals surface area contributed by atoms with Crippen LogP contribution in [0.1, 0.15) is 33.5 Å². The lowest BCUT2D eigenvalue weighted by atomic mass is 10.2. The highest BCUT2D eigenvalue weighted by atomic mass is 19.1. The molecule has 2 N–H and O–H groups in total. The minimum absolute atomic E-state index is 0.148. The van der Waals surface area contributed by atoms with Crippen LogP contribution in [0.2, 0.25) is 0 Å². The van der Waals surface area contributed by atoms with E-state index >= 15 is 0 Å². The average molecular weight is 320 g/mol. The van der Waals surface area contributed by atoms with Gasteiger partial charge in [0.2, 0.25) is 0 Å². The number of hydrogen-bond acceptors (Lipinski definition) is 4. The number of hydrogen-bond donors (Lipinski definition) is 2. The van der Waals surface area contributed by atoms with Crippen LogP contribution in [-0.2, 0) is 11.3 Å². The molecule has 0 spiro atoms. The largest absolute Gasteiger partial charge is 0.491 e. The van der Waals surface area contributed by atoms with Crippen LogP contribution in [0.5, 0.6) is 5.75 Å². The molecule has 0 aliphatic carbocycles. The number of benzene rings is 1. The third kappa shape index (κ3) is 4.09. The SMILES string of the molecule is CCOc1ccc(CNC(=O)c2ccc(C(=O)OC)[nH]2)cc1F. The summed E-state index contributed by atoms with van der Waals surface area (Å²) in [6.07, 6.45) is 0. The highest BCUT2D eigenvalue weighted by molar-refractivity contribution is 5.95. The molecule has 0 atom stereocenters. The van der Waals surface area contributed by atoms with Crippen molar-refractivity contribution < 1.29 is 23.5 Å². The number of carbonyl (C=O) groups is 2. The van der Waals surface area contributed by atoms with Crippen molar-refractivity contribution in [1.29, 1.82) is 0 Å². The molecule has 1 aromatic carbocycles. The zero-order valence-electron chi connectivity index (χ0n) is 12.8. The summed E-state index contributed by atoms with van der Waals surface area (Å²) in [4.78, 5) is 26.0. The number of esters is 1. The minimum Gasteiger partial charge on any atom is -0.491 e. The van der Waals surface area contributed by atoms with Gasteiger partial charge in [-0.1, -0.05) is 6.07 Å². The predicted octanol–water partition coefficient (Wildman–Crippen LogP) is 2.27. The number of nitrogens with one attached hydrogen (secondary N) is 2. The molecule has 0 aliphatic heterocycles. The van der Waals surface area contributed by atoms with Crippen LogP contribution in [0, 0.1) is 5.82 Å². The summed E-state index contributed by atoms with van der Waals surface area (Å²) in [5.41, 5.74) is 1.00. The number of aromatic nitrogens is 1. The van der Waals surface area contributed by atoms with E-state index in [2.05, 4.69) is 15.0 Å². The van der Waals surface area contributed by atoms with Crippen molar-refractivity contribution in [2.45, 2.75) is 13.5 Å². The van der Waals surface area contributed by atoms with Gasteiger partial charge in [-0.15, -0.1) is 0 Å². The quantitative estimate of drug-likeness (QED) is 0.800. The first-order chi connectivity index (χ1) is 11.0. The van der Waals surface area contributed by atoms with Gasteiger partial charge in [0.25, 0.3) is 5.91 Å². The van der Waals surface area contributed by atoms with Crippen LogP contribution in [0.25, 0.3) is 0 Å². The van der Waals surface area contributed by atoms with Crippen LogP contribution in [0.4, 0.5) is 4.39 Å². The van der Waals surface area contributed by atoms with Gasteiger partial charge >= 0.3 is 5.97 Å². The fourth-order valence-corrected chi connectivity index (χ4v) is 1.96. The minimum atomic E-state index is -0.558. The van der Waals surface area contributed by atoms with E-state index in [1.807, 2.05) is 0 Å². The Balaban J connectivity index is 1.97. The molecule has 7 heteroatoms. The third-order valence-electron chi connectivity index (χ3n) is 3.09. The van der Waals surface area contributed by atoms with E-state index in [4.69, 9.17) is 4.74 Å². The number of ether oxygens (including phenoxy) is 2. The molecule has 122 valence electrons. The van der Waals surface area contributed by atoms with E-state index in [1.165, 1.54) is 31.4 Å². The van der Waals surface area contributed by atoms with Gasteiger partial charge in [0.1, 0.15) is 11.4 Å². The maximum absolute atomic E-state index is 13.7. The molecule has 23 heavy (non-hydrogen) atoms. The van der Waals surface area contributed by atoms with Gasteiger partial charge < -0.3 is 19.8 Å². The number of rotatable bonds is 6. The normalized spacial score (nSPS) is 10.2. The van der Waals surface area contributed by atoms with Gasteiger partial charge in [-0.3, -0.25) is 4.79 Å². The Morgan fingerprint density at radius 2 is 1.96 bits per heavy atom. The van der Waals surface area contributed by atoms with E-state index < -0.39 is 17.7 Å². The Bertz CT molecular complexity index is 712. The van der Waals surface area contributed by atoms with Crippen molar-refractivity contribution in [2.24, 2.45) is 0 Å². The fourth-order valence-electron chi connectivity index (χ4n) is 1.96. The van der Waals surface area contributed by atoms with Crippen LogP contribution in [-0.4, -0.2) is 30.6 Å². The van der Waals surface area contributed by atoms with E-state index in [0.717, 1.165) is 0 Å². The summed E-state index contributed by atoms with van der Waals surface area (Å²) in [6.45, 7) is 2.30. The second-order valence-electron chi connectivity index (χ2n) is 4.66. The predicted molar refractivity (Wildman–Crippen MR) is 80.9 cm³/mol. The van der Waals surface area contributed by atoms with Gasteiger partial charge in [-0.25, -0.2) is 9.18 Å². The molecule has 1 aromatic heterocycles. The summed E-state index contributed by atoms with van der Waals surface area (Å²) in [5, 5.41) is 2.63. The molecule has 0 fully saturated rings. The number of halogens is 1. The number of carbonyl (C=O) groups excluding carboxylic acids is 2. The molecule has 2 rings (SSSR count). The first-order valence-electron chi connectivity index (χ1n) is 7.02.